The van der Waals surface area contributed by atoms with Gasteiger partial charge in [-0.15, -0.1) is 0 Å². The molecule has 5 nitrogen and oxygen atoms in total. The third kappa shape index (κ3) is 4.64. The lowest BCUT2D eigenvalue weighted by atomic mass is 9.81. The molecular weight excluding hydrogens is 350 g/mol. The van der Waals surface area contributed by atoms with Gasteiger partial charge >= 0.3 is 0 Å². The molecule has 1 aliphatic rings. The fourth-order valence-electron chi connectivity index (χ4n) is 3.49. The van der Waals surface area contributed by atoms with Gasteiger partial charge in [0.1, 0.15) is 0 Å². The van der Waals surface area contributed by atoms with Crippen molar-refractivity contribution in [2.24, 2.45) is 11.7 Å². The van der Waals surface area contributed by atoms with Crippen LogP contribution in [0, 0.1) is 28.6 Å². The fraction of sp³-hybridized carbons (Fsp3) is 0.348. The average molecular weight is 373 g/mol. The number of nitrogens with two attached hydrogens (primary N) is 1. The summed E-state index contributed by atoms with van der Waals surface area (Å²) in [6.45, 7) is 0.988. The van der Waals surface area contributed by atoms with Gasteiger partial charge in [0.15, 0.2) is 5.78 Å². The lowest BCUT2D eigenvalue weighted by molar-refractivity contribution is -0.128. The van der Waals surface area contributed by atoms with Crippen molar-refractivity contribution in [2.45, 2.75) is 31.2 Å². The van der Waals surface area contributed by atoms with Crippen LogP contribution >= 0.6 is 0 Å². The highest BCUT2D eigenvalue weighted by molar-refractivity contribution is 5.88. The van der Waals surface area contributed by atoms with Crippen LogP contribution in [0.5, 0.6) is 0 Å². The molecule has 1 saturated heterocycles. The molecule has 2 aromatic carbocycles. The third-order valence-corrected chi connectivity index (χ3v) is 5.32. The SMILES string of the molecule is N#Cc1cccc(-c2ccc(C[C@@H](C#N)CC(=O)C3(N)CCOCC3)cc2)c1. The molecule has 142 valence electrons. The van der Waals surface area contributed by atoms with Crippen molar-refractivity contribution >= 4 is 5.78 Å². The van der Waals surface area contributed by atoms with E-state index in [1.807, 2.05) is 42.5 Å². The number of rotatable bonds is 6. The Labute approximate surface area is 165 Å². The molecule has 0 aromatic heterocycles. The van der Waals surface area contributed by atoms with Crippen LogP contribution < -0.4 is 5.73 Å². The molecule has 0 aliphatic carbocycles. The Kier molecular flexibility index (Phi) is 6.21. The van der Waals surface area contributed by atoms with Gasteiger partial charge in [-0.1, -0.05) is 36.4 Å². The van der Waals surface area contributed by atoms with E-state index >= 15 is 0 Å². The Morgan fingerprint density at radius 2 is 1.82 bits per heavy atom. The van der Waals surface area contributed by atoms with E-state index in [1.165, 1.54) is 0 Å². The Morgan fingerprint density at radius 3 is 2.46 bits per heavy atom. The van der Waals surface area contributed by atoms with E-state index in [1.54, 1.807) is 6.07 Å². The van der Waals surface area contributed by atoms with Gasteiger partial charge in [-0.25, -0.2) is 0 Å². The van der Waals surface area contributed by atoms with Crippen molar-refractivity contribution in [1.82, 2.24) is 0 Å². The molecule has 1 aliphatic heterocycles. The first-order valence-corrected chi connectivity index (χ1v) is 9.43. The van der Waals surface area contributed by atoms with Gasteiger partial charge in [0.25, 0.3) is 0 Å². The molecule has 2 aromatic rings. The van der Waals surface area contributed by atoms with Crippen LogP contribution in [-0.4, -0.2) is 24.5 Å². The number of nitriles is 2. The summed E-state index contributed by atoms with van der Waals surface area (Å²) >= 11 is 0. The summed E-state index contributed by atoms with van der Waals surface area (Å²) in [7, 11) is 0. The first kappa shape index (κ1) is 19.8. The Hall–Kier alpha value is -2.99. The third-order valence-electron chi connectivity index (χ3n) is 5.32. The molecule has 0 amide bonds. The van der Waals surface area contributed by atoms with Crippen LogP contribution in [0.4, 0.5) is 0 Å². The molecule has 0 spiro atoms. The van der Waals surface area contributed by atoms with Crippen molar-refractivity contribution in [3.05, 3.63) is 59.7 Å². The summed E-state index contributed by atoms with van der Waals surface area (Å²) in [5, 5.41) is 18.6. The minimum absolute atomic E-state index is 0.0488. The molecule has 0 saturated carbocycles. The maximum atomic E-state index is 12.6. The van der Waals surface area contributed by atoms with Gasteiger partial charge < -0.3 is 10.5 Å². The van der Waals surface area contributed by atoms with Crippen molar-refractivity contribution in [3.63, 3.8) is 0 Å². The molecule has 5 heteroatoms. The molecule has 0 unspecified atom stereocenters. The molecule has 28 heavy (non-hydrogen) atoms. The first-order chi connectivity index (χ1) is 13.5. The maximum absolute atomic E-state index is 12.6. The van der Waals surface area contributed by atoms with Crippen LogP contribution in [0.1, 0.15) is 30.4 Å². The molecule has 3 rings (SSSR count). The largest absolute Gasteiger partial charge is 0.381 e. The highest BCUT2D eigenvalue weighted by Gasteiger charge is 2.36. The minimum atomic E-state index is -0.858. The second-order valence-corrected chi connectivity index (χ2v) is 7.32. The summed E-state index contributed by atoms with van der Waals surface area (Å²) in [5.41, 5.74) is 8.99. The number of ketones is 1. The molecule has 1 fully saturated rings. The molecule has 1 heterocycles. The topological polar surface area (TPSA) is 99.9 Å². The van der Waals surface area contributed by atoms with Crippen LogP contribution in [0.25, 0.3) is 11.1 Å². The highest BCUT2D eigenvalue weighted by Crippen LogP contribution is 2.25. The number of ether oxygens (including phenoxy) is 1. The van der Waals surface area contributed by atoms with E-state index in [4.69, 9.17) is 15.7 Å². The Balaban J connectivity index is 1.66. The van der Waals surface area contributed by atoms with E-state index in [2.05, 4.69) is 12.1 Å². The fourth-order valence-corrected chi connectivity index (χ4v) is 3.49. The summed E-state index contributed by atoms with van der Waals surface area (Å²) in [4.78, 5) is 12.6. The second kappa shape index (κ2) is 8.80. The quantitative estimate of drug-likeness (QED) is 0.837. The first-order valence-electron chi connectivity index (χ1n) is 9.43. The number of hydrogen-bond donors (Lipinski definition) is 1. The van der Waals surface area contributed by atoms with Gasteiger partial charge in [0.05, 0.1) is 29.2 Å². The van der Waals surface area contributed by atoms with Crippen molar-refractivity contribution in [3.8, 4) is 23.3 Å². The Bertz CT molecular complexity index is 916. The van der Waals surface area contributed by atoms with Crippen molar-refractivity contribution in [1.29, 1.82) is 10.5 Å². The predicted octanol–water partition coefficient (Wildman–Crippen LogP) is 3.37. The second-order valence-electron chi connectivity index (χ2n) is 7.32. The standard InChI is InChI=1S/C23H23N3O2/c24-15-18-2-1-3-21(13-18)20-6-4-17(5-7-20)12-19(16-25)14-22(27)23(26)8-10-28-11-9-23/h1-7,13,19H,8-12,14,26H2/t19-/m1/s1. The number of carbonyl (C=O) groups excluding carboxylic acids is 1. The van der Waals surface area contributed by atoms with E-state index < -0.39 is 11.5 Å². The normalized spacial score (nSPS) is 16.5. The van der Waals surface area contributed by atoms with E-state index in [9.17, 15) is 10.1 Å². The zero-order chi connectivity index (χ0) is 20.0. The zero-order valence-corrected chi connectivity index (χ0v) is 15.7. The number of hydrogen-bond acceptors (Lipinski definition) is 5. The van der Waals surface area contributed by atoms with E-state index in [-0.39, 0.29) is 12.2 Å². The summed E-state index contributed by atoms with van der Waals surface area (Å²) in [5.74, 6) is -0.448. The number of Topliss-reactive ketones (excluding diaryl/α,β-unsaturated/α-hetero) is 1. The number of benzene rings is 2. The lowest BCUT2D eigenvalue weighted by Crippen LogP contribution is -2.52. The summed E-state index contributed by atoms with van der Waals surface area (Å²) < 4.78 is 5.29. The van der Waals surface area contributed by atoms with Gasteiger partial charge in [-0.05, 0) is 48.1 Å². The summed E-state index contributed by atoms with van der Waals surface area (Å²) in [6.07, 6.45) is 1.70. The molecule has 1 atom stereocenters. The molecule has 0 bridgehead atoms. The van der Waals surface area contributed by atoms with Crippen LogP contribution in [0.3, 0.4) is 0 Å². The summed E-state index contributed by atoms with van der Waals surface area (Å²) in [6, 6.07) is 19.7. The van der Waals surface area contributed by atoms with Crippen LogP contribution in [0.15, 0.2) is 48.5 Å². The van der Waals surface area contributed by atoms with Gasteiger partial charge in [0.2, 0.25) is 0 Å². The number of carbonyl (C=O) groups is 1. The monoisotopic (exact) mass is 373 g/mol. The van der Waals surface area contributed by atoms with Gasteiger partial charge in [-0.2, -0.15) is 10.5 Å². The van der Waals surface area contributed by atoms with Gasteiger partial charge in [-0.3, -0.25) is 4.79 Å². The number of nitrogens with zero attached hydrogens (tertiary/aromatic N) is 2. The lowest BCUT2D eigenvalue weighted by Gasteiger charge is -2.32. The smallest absolute Gasteiger partial charge is 0.154 e. The van der Waals surface area contributed by atoms with E-state index in [0.29, 0.717) is 38.0 Å². The van der Waals surface area contributed by atoms with Gasteiger partial charge in [0, 0.05) is 19.6 Å². The Morgan fingerprint density at radius 1 is 1.11 bits per heavy atom. The van der Waals surface area contributed by atoms with Crippen LogP contribution in [0.2, 0.25) is 0 Å². The predicted molar refractivity (Wildman–Crippen MR) is 106 cm³/mol. The zero-order valence-electron chi connectivity index (χ0n) is 15.7. The molecule has 0 radical (unpaired) electrons. The average Bonchev–Trinajstić information content (AvgIpc) is 2.74. The van der Waals surface area contributed by atoms with E-state index in [0.717, 1.165) is 16.7 Å². The van der Waals surface area contributed by atoms with Crippen molar-refractivity contribution in [2.75, 3.05) is 13.2 Å². The minimum Gasteiger partial charge on any atom is -0.381 e. The molecular formula is C23H23N3O2. The van der Waals surface area contributed by atoms with Crippen LogP contribution in [-0.2, 0) is 16.0 Å². The molecule has 2 N–H and O–H groups in total. The highest BCUT2D eigenvalue weighted by atomic mass is 16.5. The maximum Gasteiger partial charge on any atom is 0.154 e. The van der Waals surface area contributed by atoms with Crippen molar-refractivity contribution < 1.29 is 9.53 Å².